The van der Waals surface area contributed by atoms with Gasteiger partial charge in [0.15, 0.2) is 5.78 Å². The van der Waals surface area contributed by atoms with Gasteiger partial charge in [0.25, 0.3) is 0 Å². The number of carbonyl (C=O) groups is 2. The topological polar surface area (TPSA) is 72.2 Å². The van der Waals surface area contributed by atoms with Gasteiger partial charge in [0, 0.05) is 24.9 Å². The van der Waals surface area contributed by atoms with Crippen LogP contribution in [0.3, 0.4) is 0 Å². The largest absolute Gasteiger partial charge is 0.481 e. The summed E-state index contributed by atoms with van der Waals surface area (Å²) in [6, 6.07) is 7.98. The summed E-state index contributed by atoms with van der Waals surface area (Å²) < 4.78 is 1.75. The molecule has 0 aliphatic heterocycles. The van der Waals surface area contributed by atoms with E-state index in [1.54, 1.807) is 17.8 Å². The van der Waals surface area contributed by atoms with E-state index in [9.17, 15) is 9.59 Å². The van der Waals surface area contributed by atoms with Gasteiger partial charge in [-0.05, 0) is 49.3 Å². The molecule has 0 fully saturated rings. The van der Waals surface area contributed by atoms with Crippen LogP contribution < -0.4 is 0 Å². The lowest BCUT2D eigenvalue weighted by Gasteiger charge is -2.10. The van der Waals surface area contributed by atoms with Crippen molar-refractivity contribution in [3.63, 3.8) is 0 Å². The van der Waals surface area contributed by atoms with Gasteiger partial charge in [-0.3, -0.25) is 9.59 Å². The number of nitrogens with zero attached hydrogens (tertiary/aromatic N) is 2. The molecule has 0 spiro atoms. The molecular formula is C22H29ClN2O3. The number of hydrogen-bond acceptors (Lipinski definition) is 3. The second kappa shape index (κ2) is 11.0. The Labute approximate surface area is 171 Å². The van der Waals surface area contributed by atoms with Crippen LogP contribution in [0.1, 0.15) is 67.2 Å². The standard InChI is InChI=1S/C22H29ClN2O3/c1-16(13-21(27)28)12-20(26)22-19(24-15-25(22)2)11-6-4-3-5-8-17-9-7-10-18(23)14-17/h7,9-10,14-16H,3-6,8,11-13H2,1-2H3,(H,27,28)/t16-/m0/s1. The molecule has 0 radical (unpaired) electrons. The normalized spacial score (nSPS) is 12.1. The maximum absolute atomic E-state index is 12.6. The van der Waals surface area contributed by atoms with E-state index in [2.05, 4.69) is 11.1 Å². The molecule has 1 aromatic carbocycles. The highest BCUT2D eigenvalue weighted by molar-refractivity contribution is 6.30. The van der Waals surface area contributed by atoms with Crippen molar-refractivity contribution < 1.29 is 14.7 Å². The molecule has 1 aromatic heterocycles. The molecule has 28 heavy (non-hydrogen) atoms. The van der Waals surface area contributed by atoms with E-state index in [0.29, 0.717) is 5.69 Å². The van der Waals surface area contributed by atoms with Crippen molar-refractivity contribution in [2.75, 3.05) is 0 Å². The van der Waals surface area contributed by atoms with Gasteiger partial charge in [-0.15, -0.1) is 0 Å². The third-order valence-electron chi connectivity index (χ3n) is 4.85. The molecule has 1 heterocycles. The highest BCUT2D eigenvalue weighted by atomic mass is 35.5. The Kier molecular flexibility index (Phi) is 8.71. The van der Waals surface area contributed by atoms with E-state index in [1.165, 1.54) is 5.56 Å². The van der Waals surface area contributed by atoms with Crippen LogP contribution in [0.15, 0.2) is 30.6 Å². The number of Topliss-reactive ketones (excluding diaryl/α,β-unsaturated/α-hetero) is 1. The molecule has 152 valence electrons. The first-order valence-corrected chi connectivity index (χ1v) is 10.2. The lowest BCUT2D eigenvalue weighted by atomic mass is 9.97. The third kappa shape index (κ3) is 7.12. The number of aliphatic carboxylic acids is 1. The molecule has 0 amide bonds. The van der Waals surface area contributed by atoms with Gasteiger partial charge in [0.1, 0.15) is 5.69 Å². The molecule has 0 aliphatic rings. The Morgan fingerprint density at radius 2 is 1.86 bits per heavy atom. The Bertz CT molecular complexity index is 801. The lowest BCUT2D eigenvalue weighted by Crippen LogP contribution is -2.14. The van der Waals surface area contributed by atoms with Crippen LogP contribution in [0.2, 0.25) is 5.02 Å². The number of carboxylic acids is 1. The molecule has 6 heteroatoms. The minimum absolute atomic E-state index is 0.00551. The summed E-state index contributed by atoms with van der Waals surface area (Å²) in [7, 11) is 1.82. The average molecular weight is 405 g/mol. The zero-order chi connectivity index (χ0) is 20.5. The number of imidazole rings is 1. The van der Waals surface area contributed by atoms with Gasteiger partial charge in [-0.2, -0.15) is 0 Å². The number of aryl methyl sites for hydroxylation is 3. The fourth-order valence-corrected chi connectivity index (χ4v) is 3.68. The SMILES string of the molecule is C[C@H](CC(=O)O)CC(=O)c1c(CCCCCCc2cccc(Cl)c2)ncn1C. The molecule has 2 rings (SSSR count). The Morgan fingerprint density at radius 1 is 1.14 bits per heavy atom. The van der Waals surface area contributed by atoms with Crippen LogP contribution >= 0.6 is 11.6 Å². The summed E-state index contributed by atoms with van der Waals surface area (Å²) >= 11 is 6.01. The first kappa shape index (κ1) is 22.2. The molecular weight excluding hydrogens is 376 g/mol. The molecule has 0 saturated heterocycles. The second-order valence-electron chi connectivity index (χ2n) is 7.53. The van der Waals surface area contributed by atoms with Crippen LogP contribution in [-0.4, -0.2) is 26.4 Å². The van der Waals surface area contributed by atoms with Crippen molar-refractivity contribution in [3.05, 3.63) is 52.6 Å². The highest BCUT2D eigenvalue weighted by Crippen LogP contribution is 2.18. The summed E-state index contributed by atoms with van der Waals surface area (Å²) in [5.74, 6) is -1.08. The van der Waals surface area contributed by atoms with Gasteiger partial charge in [-0.25, -0.2) is 4.98 Å². The van der Waals surface area contributed by atoms with Crippen molar-refractivity contribution >= 4 is 23.4 Å². The zero-order valence-electron chi connectivity index (χ0n) is 16.7. The van der Waals surface area contributed by atoms with Crippen LogP contribution in [0.5, 0.6) is 0 Å². The van der Waals surface area contributed by atoms with E-state index in [4.69, 9.17) is 16.7 Å². The van der Waals surface area contributed by atoms with E-state index in [1.807, 2.05) is 25.2 Å². The Morgan fingerprint density at radius 3 is 2.54 bits per heavy atom. The van der Waals surface area contributed by atoms with E-state index in [0.717, 1.165) is 49.2 Å². The monoisotopic (exact) mass is 404 g/mol. The summed E-state index contributed by atoms with van der Waals surface area (Å²) in [5.41, 5.74) is 2.71. The van der Waals surface area contributed by atoms with E-state index in [-0.39, 0.29) is 24.5 Å². The first-order chi connectivity index (χ1) is 13.4. The summed E-state index contributed by atoms with van der Waals surface area (Å²) in [4.78, 5) is 27.8. The van der Waals surface area contributed by atoms with Crippen molar-refractivity contribution in [3.8, 4) is 0 Å². The smallest absolute Gasteiger partial charge is 0.303 e. The van der Waals surface area contributed by atoms with Crippen LogP contribution in [0.25, 0.3) is 0 Å². The maximum Gasteiger partial charge on any atom is 0.303 e. The Balaban J connectivity index is 1.77. The predicted octanol–water partition coefficient (Wildman–Crippen LogP) is 5.10. The van der Waals surface area contributed by atoms with E-state index >= 15 is 0 Å². The minimum atomic E-state index is -0.872. The number of hydrogen-bond donors (Lipinski definition) is 1. The van der Waals surface area contributed by atoms with Gasteiger partial charge in [0.2, 0.25) is 0 Å². The fourth-order valence-electron chi connectivity index (χ4n) is 3.47. The van der Waals surface area contributed by atoms with Crippen LogP contribution in [0.4, 0.5) is 0 Å². The number of rotatable bonds is 12. The molecule has 1 N–H and O–H groups in total. The minimum Gasteiger partial charge on any atom is -0.481 e. The molecule has 1 atom stereocenters. The lowest BCUT2D eigenvalue weighted by molar-refractivity contribution is -0.137. The summed E-state index contributed by atoms with van der Waals surface area (Å²) in [6.45, 7) is 1.79. The van der Waals surface area contributed by atoms with Crippen molar-refractivity contribution in [1.29, 1.82) is 0 Å². The van der Waals surface area contributed by atoms with Crippen molar-refractivity contribution in [2.45, 2.75) is 58.3 Å². The summed E-state index contributed by atoms with van der Waals surface area (Å²) in [5, 5.41) is 9.65. The van der Waals surface area contributed by atoms with Gasteiger partial charge in [0.05, 0.1) is 12.0 Å². The van der Waals surface area contributed by atoms with Crippen molar-refractivity contribution in [1.82, 2.24) is 9.55 Å². The molecule has 0 bridgehead atoms. The molecule has 0 unspecified atom stereocenters. The molecule has 0 aliphatic carbocycles. The van der Waals surface area contributed by atoms with Gasteiger partial charge < -0.3 is 9.67 Å². The number of unbranched alkanes of at least 4 members (excludes halogenated alkanes) is 3. The van der Waals surface area contributed by atoms with E-state index < -0.39 is 5.97 Å². The van der Waals surface area contributed by atoms with Crippen LogP contribution in [0, 0.1) is 5.92 Å². The maximum atomic E-state index is 12.6. The first-order valence-electron chi connectivity index (χ1n) is 9.86. The number of ketones is 1. The average Bonchev–Trinajstić information content (AvgIpc) is 2.98. The van der Waals surface area contributed by atoms with Gasteiger partial charge in [-0.1, -0.05) is 43.5 Å². The molecule has 5 nitrogen and oxygen atoms in total. The van der Waals surface area contributed by atoms with Crippen molar-refractivity contribution in [2.24, 2.45) is 13.0 Å². The number of halogens is 1. The predicted molar refractivity (Wildman–Crippen MR) is 111 cm³/mol. The van der Waals surface area contributed by atoms with Crippen LogP contribution in [-0.2, 0) is 24.7 Å². The third-order valence-corrected chi connectivity index (χ3v) is 5.09. The number of carboxylic acid groups (broad SMARTS) is 1. The molecule has 2 aromatic rings. The second-order valence-corrected chi connectivity index (χ2v) is 7.96. The molecule has 0 saturated carbocycles. The zero-order valence-corrected chi connectivity index (χ0v) is 17.4. The Hall–Kier alpha value is -2.14. The number of aromatic nitrogens is 2. The number of carbonyl (C=O) groups excluding carboxylic acids is 1. The van der Waals surface area contributed by atoms with Gasteiger partial charge >= 0.3 is 5.97 Å². The highest BCUT2D eigenvalue weighted by Gasteiger charge is 2.20. The summed E-state index contributed by atoms with van der Waals surface area (Å²) in [6.07, 6.45) is 8.01. The quantitative estimate of drug-likeness (QED) is 0.394. The fraction of sp³-hybridized carbons (Fsp3) is 0.500. The number of benzene rings is 1.